The molecular formula is C7H14O3. The molecule has 0 aromatic carbocycles. The topological polar surface area (TPSA) is 57.5 Å². The van der Waals surface area contributed by atoms with Crippen molar-refractivity contribution in [2.45, 2.75) is 32.8 Å². The summed E-state index contributed by atoms with van der Waals surface area (Å²) < 4.78 is 0. The Hall–Kier alpha value is -0.570. The second-order valence-corrected chi connectivity index (χ2v) is 3.26. The monoisotopic (exact) mass is 146 g/mol. The van der Waals surface area contributed by atoms with Gasteiger partial charge in [0.05, 0.1) is 11.5 Å². The SMILES string of the molecule is CC(CC(C)(C)O)C(=O)O. The normalized spacial score (nSPS) is 14.8. The van der Waals surface area contributed by atoms with Crippen LogP contribution >= 0.6 is 0 Å². The largest absolute Gasteiger partial charge is 0.481 e. The van der Waals surface area contributed by atoms with Crippen molar-refractivity contribution < 1.29 is 15.0 Å². The molecule has 1 unspecified atom stereocenters. The number of hydrogen-bond acceptors (Lipinski definition) is 2. The number of aliphatic carboxylic acids is 1. The van der Waals surface area contributed by atoms with Gasteiger partial charge >= 0.3 is 5.97 Å². The van der Waals surface area contributed by atoms with Crippen molar-refractivity contribution in [3.8, 4) is 0 Å². The highest BCUT2D eigenvalue weighted by Crippen LogP contribution is 2.15. The molecule has 3 heteroatoms. The molecule has 3 nitrogen and oxygen atoms in total. The minimum absolute atomic E-state index is 0.294. The van der Waals surface area contributed by atoms with Crippen LogP contribution in [0.3, 0.4) is 0 Å². The lowest BCUT2D eigenvalue weighted by molar-refractivity contribution is -0.143. The number of rotatable bonds is 3. The van der Waals surface area contributed by atoms with Crippen LogP contribution in [0.5, 0.6) is 0 Å². The van der Waals surface area contributed by atoms with E-state index < -0.39 is 17.5 Å². The fraction of sp³-hybridized carbons (Fsp3) is 0.857. The number of aliphatic hydroxyl groups is 1. The second-order valence-electron chi connectivity index (χ2n) is 3.26. The Bertz CT molecular complexity index is 123. The molecule has 0 aliphatic carbocycles. The first-order valence-corrected chi connectivity index (χ1v) is 3.28. The zero-order chi connectivity index (χ0) is 8.36. The maximum Gasteiger partial charge on any atom is 0.306 e. The van der Waals surface area contributed by atoms with Gasteiger partial charge in [-0.2, -0.15) is 0 Å². The van der Waals surface area contributed by atoms with Crippen molar-refractivity contribution >= 4 is 5.97 Å². The number of hydrogen-bond donors (Lipinski definition) is 2. The molecular weight excluding hydrogens is 132 g/mol. The van der Waals surface area contributed by atoms with Crippen molar-refractivity contribution in [3.05, 3.63) is 0 Å². The van der Waals surface area contributed by atoms with Gasteiger partial charge < -0.3 is 10.2 Å². The van der Waals surface area contributed by atoms with E-state index in [4.69, 9.17) is 5.11 Å². The average molecular weight is 146 g/mol. The Morgan fingerprint density at radius 2 is 2.00 bits per heavy atom. The molecule has 0 aliphatic heterocycles. The summed E-state index contributed by atoms with van der Waals surface area (Å²) in [6.07, 6.45) is 0.294. The molecule has 0 rings (SSSR count). The fourth-order valence-electron chi connectivity index (χ4n) is 0.837. The third kappa shape index (κ3) is 4.32. The van der Waals surface area contributed by atoms with Gasteiger partial charge in [0.2, 0.25) is 0 Å². The molecule has 0 amide bonds. The molecule has 0 saturated carbocycles. The van der Waals surface area contributed by atoms with Gasteiger partial charge in [0, 0.05) is 0 Å². The fourth-order valence-corrected chi connectivity index (χ4v) is 0.837. The van der Waals surface area contributed by atoms with E-state index >= 15 is 0 Å². The summed E-state index contributed by atoms with van der Waals surface area (Å²) in [6.45, 7) is 4.79. The third-order valence-corrected chi connectivity index (χ3v) is 1.23. The Kier molecular flexibility index (Phi) is 2.84. The Labute approximate surface area is 60.7 Å². The van der Waals surface area contributed by atoms with Crippen LogP contribution in [0.1, 0.15) is 27.2 Å². The highest BCUT2D eigenvalue weighted by Gasteiger charge is 2.21. The van der Waals surface area contributed by atoms with Crippen LogP contribution < -0.4 is 0 Å². The number of carbonyl (C=O) groups is 1. The predicted molar refractivity (Wildman–Crippen MR) is 37.7 cm³/mol. The molecule has 0 aromatic rings. The smallest absolute Gasteiger partial charge is 0.306 e. The molecule has 0 radical (unpaired) electrons. The van der Waals surface area contributed by atoms with Crippen molar-refractivity contribution in [2.75, 3.05) is 0 Å². The molecule has 0 aliphatic rings. The molecule has 60 valence electrons. The Morgan fingerprint density at radius 1 is 1.60 bits per heavy atom. The zero-order valence-corrected chi connectivity index (χ0v) is 6.59. The Balaban J connectivity index is 3.80. The highest BCUT2D eigenvalue weighted by molar-refractivity contribution is 5.69. The lowest BCUT2D eigenvalue weighted by Gasteiger charge is -2.18. The maximum atomic E-state index is 10.3. The van der Waals surface area contributed by atoms with E-state index in [2.05, 4.69) is 0 Å². The summed E-state index contributed by atoms with van der Waals surface area (Å²) in [7, 11) is 0. The van der Waals surface area contributed by atoms with E-state index in [0.29, 0.717) is 6.42 Å². The van der Waals surface area contributed by atoms with E-state index in [1.807, 2.05) is 0 Å². The molecule has 0 aromatic heterocycles. The first-order chi connectivity index (χ1) is 4.33. The quantitative estimate of drug-likeness (QED) is 0.621. The highest BCUT2D eigenvalue weighted by atomic mass is 16.4. The zero-order valence-electron chi connectivity index (χ0n) is 6.59. The predicted octanol–water partition coefficient (Wildman–Crippen LogP) is 0.868. The molecule has 0 spiro atoms. The first-order valence-electron chi connectivity index (χ1n) is 3.28. The summed E-state index contributed by atoms with van der Waals surface area (Å²) in [4.78, 5) is 10.3. The van der Waals surface area contributed by atoms with E-state index in [1.165, 1.54) is 0 Å². The number of carboxylic acids is 1. The van der Waals surface area contributed by atoms with E-state index in [0.717, 1.165) is 0 Å². The Morgan fingerprint density at radius 3 is 2.10 bits per heavy atom. The van der Waals surface area contributed by atoms with Crippen molar-refractivity contribution in [2.24, 2.45) is 5.92 Å². The van der Waals surface area contributed by atoms with Gasteiger partial charge in [-0.25, -0.2) is 0 Å². The van der Waals surface area contributed by atoms with Crippen LogP contribution in [0.2, 0.25) is 0 Å². The average Bonchev–Trinajstić information content (AvgIpc) is 1.60. The van der Waals surface area contributed by atoms with E-state index in [9.17, 15) is 9.90 Å². The van der Waals surface area contributed by atoms with E-state index in [-0.39, 0.29) is 0 Å². The van der Waals surface area contributed by atoms with Crippen LogP contribution in [0.4, 0.5) is 0 Å². The summed E-state index contributed by atoms with van der Waals surface area (Å²) in [6, 6.07) is 0. The van der Waals surface area contributed by atoms with Gasteiger partial charge in [-0.3, -0.25) is 4.79 Å². The molecule has 0 bridgehead atoms. The molecule has 10 heavy (non-hydrogen) atoms. The van der Waals surface area contributed by atoms with E-state index in [1.54, 1.807) is 20.8 Å². The first kappa shape index (κ1) is 9.43. The van der Waals surface area contributed by atoms with Crippen molar-refractivity contribution in [3.63, 3.8) is 0 Å². The van der Waals surface area contributed by atoms with Crippen molar-refractivity contribution in [1.82, 2.24) is 0 Å². The van der Waals surface area contributed by atoms with Crippen LogP contribution in [-0.4, -0.2) is 21.8 Å². The maximum absolute atomic E-state index is 10.3. The van der Waals surface area contributed by atoms with Crippen LogP contribution in [-0.2, 0) is 4.79 Å². The summed E-state index contributed by atoms with van der Waals surface area (Å²) in [5, 5.41) is 17.6. The van der Waals surface area contributed by atoms with Gasteiger partial charge in [-0.15, -0.1) is 0 Å². The van der Waals surface area contributed by atoms with Crippen molar-refractivity contribution in [1.29, 1.82) is 0 Å². The van der Waals surface area contributed by atoms with Crippen LogP contribution in [0.15, 0.2) is 0 Å². The van der Waals surface area contributed by atoms with Gasteiger partial charge in [0.1, 0.15) is 0 Å². The summed E-state index contributed by atoms with van der Waals surface area (Å²) >= 11 is 0. The number of carboxylic acid groups (broad SMARTS) is 1. The van der Waals surface area contributed by atoms with Gasteiger partial charge in [-0.05, 0) is 20.3 Å². The molecule has 0 saturated heterocycles. The van der Waals surface area contributed by atoms with Crippen LogP contribution in [0.25, 0.3) is 0 Å². The molecule has 0 heterocycles. The lowest BCUT2D eigenvalue weighted by Crippen LogP contribution is -2.25. The minimum Gasteiger partial charge on any atom is -0.481 e. The van der Waals surface area contributed by atoms with Gasteiger partial charge in [-0.1, -0.05) is 6.92 Å². The molecule has 0 fully saturated rings. The summed E-state index contributed by atoms with van der Waals surface area (Å²) in [5.41, 5.74) is -0.877. The van der Waals surface area contributed by atoms with Gasteiger partial charge in [0.25, 0.3) is 0 Å². The minimum atomic E-state index is -0.877. The standard InChI is InChI=1S/C7H14O3/c1-5(6(8)9)4-7(2,3)10/h5,10H,4H2,1-3H3,(H,8,9). The lowest BCUT2D eigenvalue weighted by atomic mass is 9.95. The van der Waals surface area contributed by atoms with Gasteiger partial charge in [0.15, 0.2) is 0 Å². The molecule has 2 N–H and O–H groups in total. The van der Waals surface area contributed by atoms with Crippen LogP contribution in [0, 0.1) is 5.92 Å². The second kappa shape index (κ2) is 3.01. The summed E-state index contributed by atoms with van der Waals surface area (Å²) in [5.74, 6) is -1.33. The molecule has 1 atom stereocenters. The third-order valence-electron chi connectivity index (χ3n) is 1.23.